The number of carbonyl (C=O) groups excluding carboxylic acids is 1. The van der Waals surface area contributed by atoms with Gasteiger partial charge in [0.15, 0.2) is 0 Å². The number of hydrogen-bond donors (Lipinski definition) is 2. The fraction of sp³-hybridized carbons (Fsp3) is 0.379. The molecule has 0 bridgehead atoms. The fourth-order valence-corrected chi connectivity index (χ4v) is 4.76. The van der Waals surface area contributed by atoms with Crippen LogP contribution in [0.15, 0.2) is 60.8 Å². The molecular formula is C29H31F3N4O4. The molecule has 1 amide bonds. The molecule has 0 saturated heterocycles. The van der Waals surface area contributed by atoms with Gasteiger partial charge in [0.2, 0.25) is 5.91 Å². The average molecular weight is 557 g/mol. The van der Waals surface area contributed by atoms with Crippen LogP contribution >= 0.6 is 0 Å². The molecule has 1 aliphatic carbocycles. The number of carboxylic acids is 1. The zero-order valence-corrected chi connectivity index (χ0v) is 21.9. The van der Waals surface area contributed by atoms with E-state index in [1.807, 2.05) is 48.5 Å². The van der Waals surface area contributed by atoms with E-state index in [0.717, 1.165) is 46.4 Å². The molecule has 2 aromatic heterocycles. The van der Waals surface area contributed by atoms with Gasteiger partial charge in [0.1, 0.15) is 18.2 Å². The van der Waals surface area contributed by atoms with Gasteiger partial charge >= 0.3 is 12.1 Å². The number of aromatic nitrogens is 3. The highest BCUT2D eigenvalue weighted by Gasteiger charge is 2.38. The zero-order chi connectivity index (χ0) is 28.5. The largest absolute Gasteiger partial charge is 0.492 e. The number of rotatable bonds is 8. The Balaban J connectivity index is 0.000000470. The zero-order valence-electron chi connectivity index (χ0n) is 21.9. The van der Waals surface area contributed by atoms with Gasteiger partial charge < -0.3 is 19.7 Å². The summed E-state index contributed by atoms with van der Waals surface area (Å²) in [6, 6.07) is 18.1. The highest BCUT2D eigenvalue weighted by molar-refractivity contribution is 5.80. The van der Waals surface area contributed by atoms with Gasteiger partial charge in [-0.1, -0.05) is 37.5 Å². The molecule has 0 radical (unpaired) electrons. The van der Waals surface area contributed by atoms with E-state index in [9.17, 15) is 18.0 Å². The van der Waals surface area contributed by atoms with Crippen molar-refractivity contribution in [3.05, 3.63) is 66.6 Å². The van der Waals surface area contributed by atoms with Crippen molar-refractivity contribution in [2.45, 2.75) is 51.2 Å². The first-order chi connectivity index (χ1) is 19.2. The van der Waals surface area contributed by atoms with E-state index in [0.29, 0.717) is 26.1 Å². The molecule has 0 atom stereocenters. The number of pyridine rings is 1. The van der Waals surface area contributed by atoms with Crippen LogP contribution in [0, 0.1) is 5.92 Å². The minimum atomic E-state index is -5.08. The summed E-state index contributed by atoms with van der Waals surface area (Å²) < 4.78 is 40.0. The van der Waals surface area contributed by atoms with E-state index in [4.69, 9.17) is 19.6 Å². The van der Waals surface area contributed by atoms with E-state index in [2.05, 4.69) is 20.9 Å². The van der Waals surface area contributed by atoms with Gasteiger partial charge in [-0.3, -0.25) is 9.78 Å². The van der Waals surface area contributed by atoms with E-state index in [-0.39, 0.29) is 11.8 Å². The first kappa shape index (κ1) is 28.8. The number of alkyl halides is 3. The van der Waals surface area contributed by atoms with Crippen LogP contribution in [0.5, 0.6) is 5.75 Å². The summed E-state index contributed by atoms with van der Waals surface area (Å²) >= 11 is 0. The normalized spacial score (nSPS) is 14.0. The van der Waals surface area contributed by atoms with E-state index in [1.54, 1.807) is 6.20 Å². The van der Waals surface area contributed by atoms with Crippen molar-refractivity contribution in [2.75, 3.05) is 13.2 Å². The summed E-state index contributed by atoms with van der Waals surface area (Å²) in [4.78, 5) is 30.6. The molecule has 2 aromatic carbocycles. The standard InChI is InChI=1S/C27H30N4O2.C2HF3O2/c32-27(21-7-2-1-3-8-21)29-16-14-26-30-23-10-4-5-11-25(23)31(26)17-18-33-22-13-12-20-9-6-15-28-24(20)19-22;3-2(4,5)1(6)7/h4-6,9-13,15,19,21H,1-3,7-8,14,16-18H2,(H,29,32);(H,6,7). The van der Waals surface area contributed by atoms with Crippen LogP contribution in [0.4, 0.5) is 13.2 Å². The Labute approximate surface area is 229 Å². The van der Waals surface area contributed by atoms with Gasteiger partial charge in [0, 0.05) is 36.5 Å². The van der Waals surface area contributed by atoms with E-state index in [1.165, 1.54) is 19.3 Å². The molecule has 0 aliphatic heterocycles. The van der Waals surface area contributed by atoms with Crippen molar-refractivity contribution in [2.24, 2.45) is 5.92 Å². The smallest absolute Gasteiger partial charge is 0.490 e. The quantitative estimate of drug-likeness (QED) is 0.295. The van der Waals surface area contributed by atoms with E-state index < -0.39 is 12.1 Å². The number of amides is 1. The Hall–Kier alpha value is -4.15. The minimum Gasteiger partial charge on any atom is -0.492 e. The van der Waals surface area contributed by atoms with Crippen LogP contribution in [0.1, 0.15) is 37.9 Å². The predicted octanol–water partition coefficient (Wildman–Crippen LogP) is 5.54. The molecule has 5 rings (SSSR count). The highest BCUT2D eigenvalue weighted by Crippen LogP contribution is 2.24. The van der Waals surface area contributed by atoms with Crippen LogP contribution in [-0.4, -0.2) is 50.8 Å². The molecule has 8 nitrogen and oxygen atoms in total. The van der Waals surface area contributed by atoms with Crippen LogP contribution in [0.25, 0.3) is 21.9 Å². The Morgan fingerprint density at radius 3 is 2.52 bits per heavy atom. The Kier molecular flexibility index (Phi) is 9.57. The fourth-order valence-electron chi connectivity index (χ4n) is 4.76. The molecule has 212 valence electrons. The van der Waals surface area contributed by atoms with Crippen molar-refractivity contribution in [1.82, 2.24) is 19.9 Å². The maximum Gasteiger partial charge on any atom is 0.490 e. The van der Waals surface area contributed by atoms with Gasteiger partial charge in [0.25, 0.3) is 0 Å². The number of ether oxygens (including phenoxy) is 1. The molecule has 2 N–H and O–H groups in total. The Morgan fingerprint density at radius 1 is 1.02 bits per heavy atom. The monoisotopic (exact) mass is 556 g/mol. The summed E-state index contributed by atoms with van der Waals surface area (Å²) in [6.07, 6.45) is 3.04. The molecule has 1 fully saturated rings. The first-order valence-corrected chi connectivity index (χ1v) is 13.2. The molecule has 40 heavy (non-hydrogen) atoms. The average Bonchev–Trinajstić information content (AvgIpc) is 3.30. The van der Waals surface area contributed by atoms with Gasteiger partial charge in [-0.2, -0.15) is 13.2 Å². The number of benzene rings is 2. The van der Waals surface area contributed by atoms with Crippen LogP contribution in [0.2, 0.25) is 0 Å². The predicted molar refractivity (Wildman–Crippen MR) is 144 cm³/mol. The molecule has 2 heterocycles. The van der Waals surface area contributed by atoms with Gasteiger partial charge in [-0.05, 0) is 43.2 Å². The third kappa shape index (κ3) is 7.71. The third-order valence-electron chi connectivity index (χ3n) is 6.76. The Morgan fingerprint density at radius 2 is 1.77 bits per heavy atom. The number of nitrogens with one attached hydrogen (secondary N) is 1. The second-order valence-corrected chi connectivity index (χ2v) is 9.55. The maximum absolute atomic E-state index is 12.5. The summed E-state index contributed by atoms with van der Waals surface area (Å²) in [5, 5.41) is 11.4. The number of imidazole rings is 1. The van der Waals surface area contributed by atoms with Crippen molar-refractivity contribution < 1.29 is 32.6 Å². The molecule has 11 heteroatoms. The summed E-state index contributed by atoms with van der Waals surface area (Å²) in [5.74, 6) is -0.587. The Bertz CT molecular complexity index is 1450. The number of carboxylic acid groups (broad SMARTS) is 1. The lowest BCUT2D eigenvalue weighted by atomic mass is 9.89. The second kappa shape index (κ2) is 13.3. The lowest BCUT2D eigenvalue weighted by molar-refractivity contribution is -0.192. The minimum absolute atomic E-state index is 0.183. The van der Waals surface area contributed by atoms with Crippen LogP contribution in [-0.2, 0) is 22.6 Å². The second-order valence-electron chi connectivity index (χ2n) is 9.55. The lowest BCUT2D eigenvalue weighted by Gasteiger charge is -2.20. The van der Waals surface area contributed by atoms with Crippen molar-refractivity contribution in [3.8, 4) is 5.75 Å². The molecule has 0 spiro atoms. The number of fused-ring (bicyclic) bond motifs is 2. The molecular weight excluding hydrogens is 525 g/mol. The first-order valence-electron chi connectivity index (χ1n) is 13.2. The topological polar surface area (TPSA) is 106 Å². The van der Waals surface area contributed by atoms with E-state index >= 15 is 0 Å². The van der Waals surface area contributed by atoms with Gasteiger partial charge in [-0.25, -0.2) is 9.78 Å². The molecule has 4 aromatic rings. The van der Waals surface area contributed by atoms with Crippen molar-refractivity contribution in [3.63, 3.8) is 0 Å². The highest BCUT2D eigenvalue weighted by atomic mass is 19.4. The van der Waals surface area contributed by atoms with Gasteiger partial charge in [-0.15, -0.1) is 0 Å². The maximum atomic E-state index is 12.5. The number of halogens is 3. The van der Waals surface area contributed by atoms with Gasteiger partial charge in [0.05, 0.1) is 23.1 Å². The number of carbonyl (C=O) groups is 2. The number of para-hydroxylation sites is 2. The number of aliphatic carboxylic acids is 1. The summed E-state index contributed by atoms with van der Waals surface area (Å²) in [6.45, 7) is 1.82. The summed E-state index contributed by atoms with van der Waals surface area (Å²) in [7, 11) is 0. The van der Waals surface area contributed by atoms with Crippen LogP contribution < -0.4 is 10.1 Å². The lowest BCUT2D eigenvalue weighted by Crippen LogP contribution is -2.33. The van der Waals surface area contributed by atoms with Crippen molar-refractivity contribution in [1.29, 1.82) is 0 Å². The number of nitrogens with zero attached hydrogens (tertiary/aromatic N) is 3. The SMILES string of the molecule is O=C(NCCc1nc2ccccc2n1CCOc1ccc2cccnc2c1)C1CCCCC1.O=C(O)C(F)(F)F. The number of hydrogen-bond acceptors (Lipinski definition) is 5. The van der Waals surface area contributed by atoms with Crippen LogP contribution in [0.3, 0.4) is 0 Å². The third-order valence-corrected chi connectivity index (χ3v) is 6.76. The molecule has 1 saturated carbocycles. The summed E-state index contributed by atoms with van der Waals surface area (Å²) in [5.41, 5.74) is 2.99. The van der Waals surface area contributed by atoms with Crippen molar-refractivity contribution >= 4 is 33.8 Å². The molecule has 1 aliphatic rings. The molecule has 0 unspecified atom stereocenters.